The highest BCUT2D eigenvalue weighted by Crippen LogP contribution is 2.24. The third kappa shape index (κ3) is 13.8. The fraction of sp³-hybridized carbons (Fsp3) is 0.564. The predicted molar refractivity (Wildman–Crippen MR) is 204 cm³/mol. The van der Waals surface area contributed by atoms with Gasteiger partial charge in [0.1, 0.15) is 23.7 Å². The van der Waals surface area contributed by atoms with Crippen molar-refractivity contribution in [1.82, 2.24) is 26.2 Å². The maximum absolute atomic E-state index is 14.0. The Labute approximate surface area is 317 Å². The first kappa shape index (κ1) is 44.0. The molecule has 1 heterocycles. The fourth-order valence-corrected chi connectivity index (χ4v) is 6.47. The van der Waals surface area contributed by atoms with Gasteiger partial charge in [0.25, 0.3) is 0 Å². The molecule has 4 amide bonds. The molecular weight excluding hydrogens is 694 g/mol. The second kappa shape index (κ2) is 22.1. The summed E-state index contributed by atoms with van der Waals surface area (Å²) in [7, 11) is 0. The lowest BCUT2D eigenvalue weighted by Crippen LogP contribution is -2.62. The number of carboxylic acid groups (broad SMARTS) is 1. The van der Waals surface area contributed by atoms with Crippen LogP contribution in [0.15, 0.2) is 60.7 Å². The van der Waals surface area contributed by atoms with E-state index in [1.807, 2.05) is 74.5 Å². The van der Waals surface area contributed by atoms with Crippen molar-refractivity contribution in [2.75, 3.05) is 32.8 Å². The Morgan fingerprint density at radius 1 is 0.796 bits per heavy atom. The van der Waals surface area contributed by atoms with Crippen LogP contribution in [-0.4, -0.2) is 118 Å². The van der Waals surface area contributed by atoms with E-state index in [2.05, 4.69) is 21.3 Å². The molecule has 54 heavy (non-hydrogen) atoms. The summed E-state index contributed by atoms with van der Waals surface area (Å²) in [5.41, 5.74) is 12.2. The van der Waals surface area contributed by atoms with Gasteiger partial charge in [-0.2, -0.15) is 0 Å². The summed E-state index contributed by atoms with van der Waals surface area (Å²) >= 11 is 0. The average Bonchev–Trinajstić information content (AvgIpc) is 3.16. The number of carboxylic acids is 1. The number of carbonyl (C=O) groups excluding carboxylic acids is 4. The highest BCUT2D eigenvalue weighted by molar-refractivity contribution is 5.95. The van der Waals surface area contributed by atoms with E-state index in [1.165, 1.54) is 4.90 Å². The van der Waals surface area contributed by atoms with Crippen molar-refractivity contribution in [2.24, 2.45) is 17.4 Å². The van der Waals surface area contributed by atoms with E-state index in [9.17, 15) is 34.2 Å². The van der Waals surface area contributed by atoms with E-state index in [4.69, 9.17) is 16.6 Å². The van der Waals surface area contributed by atoms with Crippen molar-refractivity contribution in [1.29, 1.82) is 0 Å². The molecule has 1 fully saturated rings. The zero-order chi connectivity index (χ0) is 39.7. The number of rotatable bonds is 22. The number of benzene rings is 2. The van der Waals surface area contributed by atoms with Crippen LogP contribution in [0.2, 0.25) is 0 Å². The van der Waals surface area contributed by atoms with Crippen molar-refractivity contribution in [3.8, 4) is 0 Å². The van der Waals surface area contributed by atoms with Crippen molar-refractivity contribution in [2.45, 2.75) is 101 Å². The molecular formula is C39H59N7O8. The van der Waals surface area contributed by atoms with Crippen molar-refractivity contribution >= 4 is 29.6 Å². The molecule has 0 spiro atoms. The number of aliphatic hydroxyl groups excluding tert-OH is 2. The second-order valence-corrected chi connectivity index (χ2v) is 14.5. The van der Waals surface area contributed by atoms with Crippen LogP contribution in [0.5, 0.6) is 0 Å². The van der Waals surface area contributed by atoms with E-state index >= 15 is 0 Å². The highest BCUT2D eigenvalue weighted by atomic mass is 16.4. The average molecular weight is 754 g/mol. The molecule has 0 bridgehead atoms. The molecule has 11 N–H and O–H groups in total. The predicted octanol–water partition coefficient (Wildman–Crippen LogP) is -0.183. The number of hydrogen-bond acceptors (Lipinski definition) is 10. The number of aliphatic hydroxyl groups is 2. The first-order valence-electron chi connectivity index (χ1n) is 18.8. The fourth-order valence-electron chi connectivity index (χ4n) is 6.47. The van der Waals surface area contributed by atoms with Crippen LogP contribution in [-0.2, 0) is 36.8 Å². The van der Waals surface area contributed by atoms with Gasteiger partial charge in [-0.3, -0.25) is 29.3 Å². The van der Waals surface area contributed by atoms with Gasteiger partial charge in [0.15, 0.2) is 0 Å². The quantitative estimate of drug-likeness (QED) is 0.0714. The van der Waals surface area contributed by atoms with Gasteiger partial charge in [-0.1, -0.05) is 74.5 Å². The lowest BCUT2D eigenvalue weighted by molar-refractivity contribution is -0.150. The van der Waals surface area contributed by atoms with Crippen LogP contribution in [0.3, 0.4) is 0 Å². The number of likely N-dealkylation sites (tertiary alicyclic amines) is 1. The van der Waals surface area contributed by atoms with Gasteiger partial charge < -0.3 is 47.6 Å². The third-order valence-electron chi connectivity index (χ3n) is 9.68. The number of piperidine rings is 1. The van der Waals surface area contributed by atoms with Crippen LogP contribution in [0.25, 0.3) is 0 Å². The molecule has 298 valence electrons. The number of nitrogens with one attached hydrogen (secondary N) is 4. The summed E-state index contributed by atoms with van der Waals surface area (Å²) < 4.78 is 0. The standard InChI is InChI=1S/C39H59N7O8/c1-26(2)21-32(45-36(51)33(23-28-13-7-4-8-14-28)44-34(49)30(41)22-27-11-5-3-6-12-27)35(50)43-31(15-9-10-18-40)37(52)46-19-16-39(17-20-46,38(53)54)42-24-29(48)25-47/h3-8,11-14,26,29-33,42,47-48H,9-10,15-25,40-41H2,1-2H3,(H,43,50)(H,44,49)(H,45,51)(H,53,54). The van der Waals surface area contributed by atoms with Crippen LogP contribution in [0.1, 0.15) is 63.5 Å². The zero-order valence-corrected chi connectivity index (χ0v) is 31.4. The summed E-state index contributed by atoms with van der Waals surface area (Å²) in [6.07, 6.45) is 1.04. The monoisotopic (exact) mass is 753 g/mol. The van der Waals surface area contributed by atoms with Gasteiger partial charge in [0, 0.05) is 26.1 Å². The lowest BCUT2D eigenvalue weighted by atomic mass is 9.86. The number of β-amino-alcohol motifs (C(OH)–C–C–N with tert-alkyl or cyclic N) is 1. The Bertz CT molecular complexity index is 1490. The molecule has 0 aliphatic carbocycles. The Hall–Kier alpha value is -4.41. The van der Waals surface area contributed by atoms with Crippen LogP contribution >= 0.6 is 0 Å². The summed E-state index contributed by atoms with van der Waals surface area (Å²) in [4.78, 5) is 68.9. The SMILES string of the molecule is CC(C)CC(NC(=O)C(Cc1ccccc1)NC(=O)C(N)Cc1ccccc1)C(=O)NC(CCCCN)C(=O)N1CCC(NCC(O)CO)(C(=O)O)CC1. The van der Waals surface area contributed by atoms with Crippen molar-refractivity contribution < 1.29 is 39.3 Å². The van der Waals surface area contributed by atoms with E-state index in [-0.39, 0.29) is 70.0 Å². The normalized spacial score (nSPS) is 16.8. The molecule has 1 aliphatic heterocycles. The Kier molecular flexibility index (Phi) is 18.0. The Morgan fingerprint density at radius 2 is 1.33 bits per heavy atom. The number of nitrogens with two attached hydrogens (primary N) is 2. The Balaban J connectivity index is 1.77. The van der Waals surface area contributed by atoms with E-state index < -0.39 is 66.1 Å². The molecule has 0 saturated carbocycles. The molecule has 2 aromatic rings. The molecule has 3 rings (SSSR count). The summed E-state index contributed by atoms with van der Waals surface area (Å²) in [6.45, 7) is 3.69. The van der Waals surface area contributed by atoms with Crippen molar-refractivity contribution in [3.05, 3.63) is 71.8 Å². The molecule has 1 saturated heterocycles. The number of hydrogen-bond donors (Lipinski definition) is 9. The molecule has 15 heteroatoms. The minimum absolute atomic E-state index is 0.0306. The summed E-state index contributed by atoms with van der Waals surface area (Å²) in [5.74, 6) is -3.20. The smallest absolute Gasteiger partial charge is 0.324 e. The maximum Gasteiger partial charge on any atom is 0.324 e. The number of nitrogens with zero attached hydrogens (tertiary/aromatic N) is 1. The van der Waals surface area contributed by atoms with Crippen LogP contribution in [0.4, 0.5) is 0 Å². The van der Waals surface area contributed by atoms with Crippen LogP contribution < -0.4 is 32.7 Å². The molecule has 5 unspecified atom stereocenters. The molecule has 2 aromatic carbocycles. The molecule has 0 aromatic heterocycles. The minimum atomic E-state index is -1.39. The number of amides is 4. The van der Waals surface area contributed by atoms with Gasteiger partial charge >= 0.3 is 5.97 Å². The summed E-state index contributed by atoms with van der Waals surface area (Å²) in [6, 6.07) is 14.5. The first-order chi connectivity index (χ1) is 25.8. The highest BCUT2D eigenvalue weighted by Gasteiger charge is 2.43. The van der Waals surface area contributed by atoms with Gasteiger partial charge in [0.2, 0.25) is 23.6 Å². The third-order valence-corrected chi connectivity index (χ3v) is 9.68. The molecule has 1 aliphatic rings. The van der Waals surface area contributed by atoms with Crippen molar-refractivity contribution in [3.63, 3.8) is 0 Å². The number of aliphatic carboxylic acids is 1. The number of unbranched alkanes of at least 4 members (excludes halogenated alkanes) is 1. The number of carbonyl (C=O) groups is 5. The van der Waals surface area contributed by atoms with Crippen LogP contribution in [0, 0.1) is 5.92 Å². The van der Waals surface area contributed by atoms with Gasteiger partial charge in [0.05, 0.1) is 18.8 Å². The first-order valence-corrected chi connectivity index (χ1v) is 18.8. The van der Waals surface area contributed by atoms with E-state index in [1.54, 1.807) is 0 Å². The zero-order valence-electron chi connectivity index (χ0n) is 31.4. The molecule has 5 atom stereocenters. The molecule has 15 nitrogen and oxygen atoms in total. The minimum Gasteiger partial charge on any atom is -0.480 e. The van der Waals surface area contributed by atoms with E-state index in [0.29, 0.717) is 19.4 Å². The second-order valence-electron chi connectivity index (χ2n) is 14.5. The van der Waals surface area contributed by atoms with E-state index in [0.717, 1.165) is 11.1 Å². The molecule has 0 radical (unpaired) electrons. The largest absolute Gasteiger partial charge is 0.480 e. The summed E-state index contributed by atoms with van der Waals surface area (Å²) in [5, 5.41) is 40.3. The van der Waals surface area contributed by atoms with Gasteiger partial charge in [-0.15, -0.1) is 0 Å². The topological polar surface area (TPSA) is 249 Å². The lowest BCUT2D eigenvalue weighted by Gasteiger charge is -2.41. The van der Waals surface area contributed by atoms with Gasteiger partial charge in [-0.25, -0.2) is 0 Å². The maximum atomic E-state index is 14.0. The van der Waals surface area contributed by atoms with Gasteiger partial charge in [-0.05, 0) is 68.5 Å². The Morgan fingerprint density at radius 3 is 1.87 bits per heavy atom.